The van der Waals surface area contributed by atoms with E-state index in [0.717, 1.165) is 6.26 Å². The molecule has 1 N–H and O–H groups in total. The summed E-state index contributed by atoms with van der Waals surface area (Å²) < 4.78 is 27.4. The molecule has 2 rings (SSSR count). The predicted octanol–water partition coefficient (Wildman–Crippen LogP) is 1.12. The van der Waals surface area contributed by atoms with Crippen LogP contribution in [0.2, 0.25) is 0 Å². The summed E-state index contributed by atoms with van der Waals surface area (Å²) in [6, 6.07) is -0.290. The van der Waals surface area contributed by atoms with Crippen molar-refractivity contribution < 1.29 is 27.3 Å². The van der Waals surface area contributed by atoms with Crippen molar-refractivity contribution in [2.24, 2.45) is 5.41 Å². The minimum Gasteiger partial charge on any atom is -0.465 e. The Morgan fingerprint density at radius 3 is 2.38 bits per heavy atom. The normalized spacial score (nSPS) is 29.2. The van der Waals surface area contributed by atoms with Crippen molar-refractivity contribution in [3.05, 3.63) is 0 Å². The minimum absolute atomic E-state index is 0.0921. The van der Waals surface area contributed by atoms with Gasteiger partial charge in [0.15, 0.2) is 6.10 Å². The van der Waals surface area contributed by atoms with Crippen LogP contribution in [0.25, 0.3) is 0 Å². The minimum atomic E-state index is -3.68. The first-order chi connectivity index (χ1) is 10.9. The average Bonchev–Trinajstić information content (AvgIpc) is 2.76. The number of likely N-dealkylation sites (tertiary alicyclic amines) is 2. The van der Waals surface area contributed by atoms with Crippen LogP contribution in [0.4, 0.5) is 4.79 Å². The van der Waals surface area contributed by atoms with Crippen molar-refractivity contribution in [1.29, 1.82) is 0 Å². The summed E-state index contributed by atoms with van der Waals surface area (Å²) >= 11 is 0. The van der Waals surface area contributed by atoms with Crippen LogP contribution in [0.15, 0.2) is 0 Å². The lowest BCUT2D eigenvalue weighted by molar-refractivity contribution is -0.136. The number of hydrogen-bond acceptors (Lipinski definition) is 5. The van der Waals surface area contributed by atoms with E-state index in [9.17, 15) is 23.1 Å². The van der Waals surface area contributed by atoms with Crippen LogP contribution in [0, 0.1) is 5.41 Å². The number of carbonyl (C=O) groups is 2. The first-order valence-electron chi connectivity index (χ1n) is 8.08. The van der Waals surface area contributed by atoms with Crippen LogP contribution >= 0.6 is 0 Å². The van der Waals surface area contributed by atoms with E-state index in [-0.39, 0.29) is 23.4 Å². The van der Waals surface area contributed by atoms with E-state index in [1.54, 1.807) is 4.90 Å². The standard InChI is InChI=1S/C15H26N2O6S/c1-15(2,3)12-9-10(5-7-17(12)14(19)20)16-8-6-11(13(16)18)23-24(4,21)22/h10-12H,5-9H2,1-4H3,(H,19,20)/t10?,11?,12-/m1/s1. The average molecular weight is 362 g/mol. The second-order valence-electron chi connectivity index (χ2n) is 7.65. The van der Waals surface area contributed by atoms with E-state index in [4.69, 9.17) is 4.18 Å². The zero-order valence-corrected chi connectivity index (χ0v) is 15.4. The molecule has 0 aliphatic carbocycles. The van der Waals surface area contributed by atoms with E-state index < -0.39 is 22.3 Å². The van der Waals surface area contributed by atoms with Crippen molar-refractivity contribution in [2.75, 3.05) is 19.3 Å². The van der Waals surface area contributed by atoms with Gasteiger partial charge in [-0.15, -0.1) is 0 Å². The van der Waals surface area contributed by atoms with Gasteiger partial charge >= 0.3 is 6.09 Å². The molecule has 0 bridgehead atoms. The molecule has 8 nitrogen and oxygen atoms in total. The molecule has 2 heterocycles. The first-order valence-corrected chi connectivity index (χ1v) is 9.90. The third-order valence-corrected chi connectivity index (χ3v) is 5.32. The number of carboxylic acid groups (broad SMARTS) is 1. The second-order valence-corrected chi connectivity index (χ2v) is 9.25. The number of nitrogens with zero attached hydrogens (tertiary/aromatic N) is 2. The Kier molecular flexibility index (Phi) is 5.15. The number of hydrogen-bond donors (Lipinski definition) is 1. The molecule has 2 unspecified atom stereocenters. The van der Waals surface area contributed by atoms with E-state index in [1.807, 2.05) is 20.8 Å². The van der Waals surface area contributed by atoms with Gasteiger partial charge < -0.3 is 14.9 Å². The highest BCUT2D eigenvalue weighted by atomic mass is 32.2. The Morgan fingerprint density at radius 2 is 1.88 bits per heavy atom. The maximum Gasteiger partial charge on any atom is 0.407 e. The molecule has 0 aromatic carbocycles. The number of piperidine rings is 1. The Hall–Kier alpha value is -1.35. The van der Waals surface area contributed by atoms with Crippen LogP contribution < -0.4 is 0 Å². The molecule has 138 valence electrons. The van der Waals surface area contributed by atoms with Gasteiger partial charge in [0.1, 0.15) is 0 Å². The van der Waals surface area contributed by atoms with Gasteiger partial charge in [-0.25, -0.2) is 4.79 Å². The molecule has 2 amide bonds. The molecule has 24 heavy (non-hydrogen) atoms. The number of rotatable bonds is 3. The molecular formula is C15H26N2O6S. The summed E-state index contributed by atoms with van der Waals surface area (Å²) in [5.41, 5.74) is -0.248. The summed E-state index contributed by atoms with van der Waals surface area (Å²) in [7, 11) is -3.68. The molecule has 3 atom stereocenters. The van der Waals surface area contributed by atoms with Crippen LogP contribution in [-0.4, -0.2) is 72.9 Å². The monoisotopic (exact) mass is 362 g/mol. The molecule has 2 saturated heterocycles. The van der Waals surface area contributed by atoms with Gasteiger partial charge in [-0.2, -0.15) is 8.42 Å². The topological polar surface area (TPSA) is 104 Å². The Balaban J connectivity index is 2.11. The van der Waals surface area contributed by atoms with Gasteiger partial charge in [0, 0.05) is 31.6 Å². The molecule has 0 aromatic heterocycles. The fraction of sp³-hybridized carbons (Fsp3) is 0.867. The molecule has 0 radical (unpaired) electrons. The molecule has 0 spiro atoms. The Morgan fingerprint density at radius 1 is 1.25 bits per heavy atom. The van der Waals surface area contributed by atoms with Crippen LogP contribution in [-0.2, 0) is 19.1 Å². The molecule has 0 aromatic rings. The van der Waals surface area contributed by atoms with Gasteiger partial charge in [-0.3, -0.25) is 8.98 Å². The van der Waals surface area contributed by atoms with E-state index in [2.05, 4.69) is 0 Å². The molecule has 0 saturated carbocycles. The smallest absolute Gasteiger partial charge is 0.407 e. The fourth-order valence-electron chi connectivity index (χ4n) is 3.62. The van der Waals surface area contributed by atoms with Crippen molar-refractivity contribution in [1.82, 2.24) is 9.80 Å². The first kappa shape index (κ1) is 19.0. The third-order valence-electron chi connectivity index (χ3n) is 4.74. The highest BCUT2D eigenvalue weighted by molar-refractivity contribution is 7.86. The quantitative estimate of drug-likeness (QED) is 0.755. The number of amides is 2. The van der Waals surface area contributed by atoms with Crippen LogP contribution in [0.3, 0.4) is 0 Å². The maximum absolute atomic E-state index is 12.5. The van der Waals surface area contributed by atoms with Crippen LogP contribution in [0.5, 0.6) is 0 Å². The summed E-state index contributed by atoms with van der Waals surface area (Å²) in [4.78, 5) is 27.0. The SMILES string of the molecule is CC(C)(C)[C@H]1CC(N2CCC(OS(C)(=O)=O)C2=O)CCN1C(=O)O. The predicted molar refractivity (Wildman–Crippen MR) is 87.0 cm³/mol. The maximum atomic E-state index is 12.5. The van der Waals surface area contributed by atoms with Crippen molar-refractivity contribution in [3.8, 4) is 0 Å². The summed E-state index contributed by atoms with van der Waals surface area (Å²) in [5, 5.41) is 9.40. The van der Waals surface area contributed by atoms with Gasteiger partial charge in [0.2, 0.25) is 0 Å². The lowest BCUT2D eigenvalue weighted by Gasteiger charge is -2.46. The van der Waals surface area contributed by atoms with Gasteiger partial charge in [-0.1, -0.05) is 20.8 Å². The molecule has 2 fully saturated rings. The zero-order chi connectivity index (χ0) is 18.3. The van der Waals surface area contributed by atoms with Gasteiger partial charge in [0.05, 0.1) is 6.26 Å². The van der Waals surface area contributed by atoms with E-state index in [1.165, 1.54) is 4.90 Å². The van der Waals surface area contributed by atoms with Gasteiger partial charge in [0.25, 0.3) is 16.0 Å². The zero-order valence-electron chi connectivity index (χ0n) is 14.6. The van der Waals surface area contributed by atoms with Crippen LogP contribution in [0.1, 0.15) is 40.0 Å². The third kappa shape index (κ3) is 4.18. The molecule has 2 aliphatic rings. The molecule has 9 heteroatoms. The highest BCUT2D eigenvalue weighted by Gasteiger charge is 2.44. The lowest BCUT2D eigenvalue weighted by atomic mass is 9.79. The largest absolute Gasteiger partial charge is 0.465 e. The summed E-state index contributed by atoms with van der Waals surface area (Å²) in [5.74, 6) is -0.318. The highest BCUT2D eigenvalue weighted by Crippen LogP contribution is 2.35. The second kappa shape index (κ2) is 6.51. The molecular weight excluding hydrogens is 336 g/mol. The Bertz CT molecular complexity index is 612. The van der Waals surface area contributed by atoms with Crippen molar-refractivity contribution in [2.45, 2.75) is 58.2 Å². The Labute approximate surface area is 142 Å². The molecule has 2 aliphatic heterocycles. The van der Waals surface area contributed by atoms with E-state index in [0.29, 0.717) is 32.4 Å². The summed E-state index contributed by atoms with van der Waals surface area (Å²) in [6.45, 7) is 6.75. The van der Waals surface area contributed by atoms with Gasteiger partial charge in [-0.05, 0) is 18.3 Å². The van der Waals surface area contributed by atoms with Crippen molar-refractivity contribution in [3.63, 3.8) is 0 Å². The fourth-order valence-corrected chi connectivity index (χ4v) is 4.22. The lowest BCUT2D eigenvalue weighted by Crippen LogP contribution is -2.56. The van der Waals surface area contributed by atoms with Crippen molar-refractivity contribution >= 4 is 22.1 Å². The number of carbonyl (C=O) groups excluding carboxylic acids is 1. The van der Waals surface area contributed by atoms with E-state index >= 15 is 0 Å². The summed E-state index contributed by atoms with van der Waals surface area (Å²) in [6.07, 6.45) is 0.475.